The molecule has 0 bridgehead atoms. The third-order valence-electron chi connectivity index (χ3n) is 6.93. The summed E-state index contributed by atoms with van der Waals surface area (Å²) in [6, 6.07) is 7.53. The third-order valence-corrected chi connectivity index (χ3v) is 6.93. The van der Waals surface area contributed by atoms with E-state index in [1.807, 2.05) is 19.1 Å². The van der Waals surface area contributed by atoms with Crippen LogP contribution in [0.15, 0.2) is 24.3 Å². The van der Waals surface area contributed by atoms with Gasteiger partial charge in [-0.1, -0.05) is 31.4 Å². The van der Waals surface area contributed by atoms with E-state index in [0.29, 0.717) is 12.8 Å². The molecule has 1 spiro atoms. The minimum Gasteiger partial charge on any atom is -0.378 e. The molecular formula is C23H32N4O4. The largest absolute Gasteiger partial charge is 0.378 e. The van der Waals surface area contributed by atoms with Gasteiger partial charge in [-0.15, -0.1) is 0 Å². The van der Waals surface area contributed by atoms with Crippen molar-refractivity contribution in [3.05, 3.63) is 29.8 Å². The van der Waals surface area contributed by atoms with E-state index in [-0.39, 0.29) is 30.4 Å². The molecule has 2 saturated heterocycles. The number of morpholine rings is 1. The van der Waals surface area contributed by atoms with E-state index >= 15 is 0 Å². The normalized spacial score (nSPS) is 22.2. The van der Waals surface area contributed by atoms with Gasteiger partial charge in [-0.2, -0.15) is 0 Å². The van der Waals surface area contributed by atoms with E-state index in [4.69, 9.17) is 4.74 Å². The van der Waals surface area contributed by atoms with Crippen molar-refractivity contribution < 1.29 is 19.1 Å². The molecule has 168 valence electrons. The van der Waals surface area contributed by atoms with Crippen LogP contribution in [-0.2, 0) is 14.3 Å². The van der Waals surface area contributed by atoms with Gasteiger partial charge < -0.3 is 19.9 Å². The van der Waals surface area contributed by atoms with Crippen LogP contribution in [-0.4, -0.2) is 73.1 Å². The molecule has 2 heterocycles. The number of hydrogen-bond donors (Lipinski definition) is 1. The number of rotatable bonds is 5. The van der Waals surface area contributed by atoms with Crippen LogP contribution in [0.1, 0.15) is 50.6 Å². The summed E-state index contributed by atoms with van der Waals surface area (Å²) < 4.78 is 5.40. The van der Waals surface area contributed by atoms with Crippen molar-refractivity contribution in [1.29, 1.82) is 0 Å². The van der Waals surface area contributed by atoms with Gasteiger partial charge in [0, 0.05) is 25.8 Å². The SMILES string of the molecule is CC(NC(=O)CN1C(=O)N(C)C2(CCCCC2)C1=O)c1ccc(N2CCOCC2)cc1. The number of benzene rings is 1. The Morgan fingerprint density at radius 1 is 1.10 bits per heavy atom. The second kappa shape index (κ2) is 8.86. The number of hydrogen-bond acceptors (Lipinski definition) is 5. The van der Waals surface area contributed by atoms with Gasteiger partial charge in [-0.3, -0.25) is 14.5 Å². The Morgan fingerprint density at radius 3 is 2.39 bits per heavy atom. The molecular weight excluding hydrogens is 396 g/mol. The molecule has 1 aromatic rings. The number of ether oxygens (including phenoxy) is 1. The molecule has 1 atom stereocenters. The number of imide groups is 1. The zero-order valence-corrected chi connectivity index (χ0v) is 18.4. The lowest BCUT2D eigenvalue weighted by Crippen LogP contribution is -2.49. The van der Waals surface area contributed by atoms with Crippen LogP contribution in [0.3, 0.4) is 0 Å². The number of anilines is 1. The number of carbonyl (C=O) groups is 3. The number of nitrogens with one attached hydrogen (secondary N) is 1. The van der Waals surface area contributed by atoms with Gasteiger partial charge in [-0.05, 0) is 37.5 Å². The number of nitrogens with zero attached hydrogens (tertiary/aromatic N) is 3. The number of amides is 4. The fraction of sp³-hybridized carbons (Fsp3) is 0.609. The molecule has 2 aliphatic heterocycles. The molecule has 4 amide bonds. The van der Waals surface area contributed by atoms with Crippen LogP contribution in [0.25, 0.3) is 0 Å². The molecule has 1 saturated carbocycles. The number of carbonyl (C=O) groups excluding carboxylic acids is 3. The zero-order chi connectivity index (χ0) is 22.0. The van der Waals surface area contributed by atoms with Crippen molar-refractivity contribution in [2.45, 2.75) is 50.6 Å². The summed E-state index contributed by atoms with van der Waals surface area (Å²) in [7, 11) is 1.68. The van der Waals surface area contributed by atoms with Crippen molar-refractivity contribution in [2.75, 3.05) is 44.8 Å². The Balaban J connectivity index is 1.36. The van der Waals surface area contributed by atoms with Gasteiger partial charge in [0.15, 0.2) is 0 Å². The van der Waals surface area contributed by atoms with Gasteiger partial charge >= 0.3 is 6.03 Å². The fourth-order valence-electron chi connectivity index (χ4n) is 4.98. The summed E-state index contributed by atoms with van der Waals surface area (Å²) in [5.74, 6) is -0.551. The molecule has 0 aromatic heterocycles. The summed E-state index contributed by atoms with van der Waals surface area (Å²) in [5.41, 5.74) is 1.36. The summed E-state index contributed by atoms with van der Waals surface area (Å²) >= 11 is 0. The summed E-state index contributed by atoms with van der Waals surface area (Å²) in [4.78, 5) is 43.4. The van der Waals surface area contributed by atoms with Gasteiger partial charge in [0.1, 0.15) is 12.1 Å². The summed E-state index contributed by atoms with van der Waals surface area (Å²) in [6.07, 6.45) is 4.30. The Kier molecular flexibility index (Phi) is 6.18. The number of urea groups is 1. The van der Waals surface area contributed by atoms with Crippen LogP contribution in [0, 0.1) is 0 Å². The first-order valence-electron chi connectivity index (χ1n) is 11.2. The summed E-state index contributed by atoms with van der Waals surface area (Å²) in [5, 5.41) is 2.93. The first-order valence-corrected chi connectivity index (χ1v) is 11.2. The Bertz CT molecular complexity index is 828. The van der Waals surface area contributed by atoms with E-state index in [2.05, 4.69) is 22.3 Å². The topological polar surface area (TPSA) is 82.2 Å². The molecule has 31 heavy (non-hydrogen) atoms. The molecule has 1 aromatic carbocycles. The molecule has 8 heteroatoms. The minimum atomic E-state index is -0.753. The van der Waals surface area contributed by atoms with Crippen molar-refractivity contribution >= 4 is 23.5 Å². The molecule has 4 rings (SSSR count). The maximum atomic E-state index is 13.1. The van der Waals surface area contributed by atoms with Gasteiger partial charge in [-0.25, -0.2) is 4.79 Å². The molecule has 8 nitrogen and oxygen atoms in total. The fourth-order valence-corrected chi connectivity index (χ4v) is 4.98. The van der Waals surface area contributed by atoms with Crippen molar-refractivity contribution in [3.63, 3.8) is 0 Å². The van der Waals surface area contributed by atoms with E-state index in [1.54, 1.807) is 11.9 Å². The maximum Gasteiger partial charge on any atom is 0.327 e. The zero-order valence-electron chi connectivity index (χ0n) is 18.4. The van der Waals surface area contributed by atoms with Crippen molar-refractivity contribution in [3.8, 4) is 0 Å². The van der Waals surface area contributed by atoms with E-state index in [9.17, 15) is 14.4 Å². The second-order valence-electron chi connectivity index (χ2n) is 8.81. The highest BCUT2D eigenvalue weighted by atomic mass is 16.5. The van der Waals surface area contributed by atoms with Gasteiger partial charge in [0.2, 0.25) is 5.91 Å². The monoisotopic (exact) mass is 428 g/mol. The van der Waals surface area contributed by atoms with E-state index < -0.39 is 5.54 Å². The average molecular weight is 429 g/mol. The maximum absolute atomic E-state index is 13.1. The van der Waals surface area contributed by atoms with E-state index in [1.165, 1.54) is 0 Å². The predicted octanol–water partition coefficient (Wildman–Crippen LogP) is 2.30. The van der Waals surface area contributed by atoms with Crippen molar-refractivity contribution in [1.82, 2.24) is 15.1 Å². The summed E-state index contributed by atoms with van der Waals surface area (Å²) in [6.45, 7) is 4.89. The van der Waals surface area contributed by atoms with E-state index in [0.717, 1.165) is 61.7 Å². The van der Waals surface area contributed by atoms with Crippen LogP contribution < -0.4 is 10.2 Å². The Labute approximate surface area is 183 Å². The predicted molar refractivity (Wildman–Crippen MR) is 117 cm³/mol. The quantitative estimate of drug-likeness (QED) is 0.728. The first-order chi connectivity index (χ1) is 14.9. The lowest BCUT2D eigenvalue weighted by atomic mass is 9.81. The minimum absolute atomic E-state index is 0.222. The highest BCUT2D eigenvalue weighted by molar-refractivity contribution is 6.09. The lowest BCUT2D eigenvalue weighted by molar-refractivity contribution is -0.137. The van der Waals surface area contributed by atoms with Crippen LogP contribution >= 0.6 is 0 Å². The lowest BCUT2D eigenvalue weighted by Gasteiger charge is -2.35. The smallest absolute Gasteiger partial charge is 0.327 e. The first kappa shape index (κ1) is 21.6. The van der Waals surface area contributed by atoms with Crippen molar-refractivity contribution in [2.24, 2.45) is 0 Å². The third kappa shape index (κ3) is 4.13. The molecule has 1 unspecified atom stereocenters. The van der Waals surface area contributed by atoms with Crippen LogP contribution in [0.4, 0.5) is 10.5 Å². The highest BCUT2D eigenvalue weighted by Gasteiger charge is 2.55. The Morgan fingerprint density at radius 2 is 1.74 bits per heavy atom. The molecule has 3 aliphatic rings. The van der Waals surface area contributed by atoms with Crippen LogP contribution in [0.5, 0.6) is 0 Å². The molecule has 1 aliphatic carbocycles. The Hall–Kier alpha value is -2.61. The second-order valence-corrected chi connectivity index (χ2v) is 8.81. The highest BCUT2D eigenvalue weighted by Crippen LogP contribution is 2.39. The average Bonchev–Trinajstić information content (AvgIpc) is 2.96. The standard InChI is InChI=1S/C23H32N4O4/c1-17(18-6-8-19(9-7-18)26-12-14-31-15-13-26)24-20(28)16-27-21(29)23(25(2)22(27)30)10-4-3-5-11-23/h6-9,17H,3-5,10-16H2,1-2H3,(H,24,28). The van der Waals surface area contributed by atoms with Crippen LogP contribution in [0.2, 0.25) is 0 Å². The molecule has 0 radical (unpaired) electrons. The van der Waals surface area contributed by atoms with Gasteiger partial charge in [0.25, 0.3) is 5.91 Å². The molecule has 1 N–H and O–H groups in total. The molecule has 3 fully saturated rings. The van der Waals surface area contributed by atoms with Gasteiger partial charge in [0.05, 0.1) is 19.3 Å². The number of likely N-dealkylation sites (N-methyl/N-ethyl adjacent to an activating group) is 1.